The quantitative estimate of drug-likeness (QED) is 0.783. The van der Waals surface area contributed by atoms with Crippen molar-refractivity contribution in [2.45, 2.75) is 45.4 Å². The van der Waals surface area contributed by atoms with Crippen LogP contribution in [0.15, 0.2) is 30.3 Å². The van der Waals surface area contributed by atoms with Crippen LogP contribution in [0.5, 0.6) is 0 Å². The van der Waals surface area contributed by atoms with Crippen molar-refractivity contribution in [2.75, 3.05) is 6.61 Å². The Bertz CT molecular complexity index is 753. The minimum atomic E-state index is -0.917. The summed E-state index contributed by atoms with van der Waals surface area (Å²) in [5.41, 5.74) is 6.09. The highest BCUT2D eigenvalue weighted by molar-refractivity contribution is 7.14. The molecule has 3 rings (SSSR count). The third-order valence-corrected chi connectivity index (χ3v) is 6.10. The largest absolute Gasteiger partial charge is 0.378 e. The molecular formula is C18H25ClN4O2S. The van der Waals surface area contributed by atoms with Gasteiger partial charge >= 0.3 is 0 Å². The van der Waals surface area contributed by atoms with Crippen molar-refractivity contribution < 1.29 is 9.53 Å². The van der Waals surface area contributed by atoms with Crippen LogP contribution in [-0.2, 0) is 16.1 Å². The molecule has 1 saturated carbocycles. The molecule has 2 unspecified atom stereocenters. The lowest BCUT2D eigenvalue weighted by molar-refractivity contribution is -0.170. The zero-order chi connectivity index (χ0) is 18.1. The van der Waals surface area contributed by atoms with Gasteiger partial charge in [0.2, 0.25) is 5.91 Å². The van der Waals surface area contributed by atoms with E-state index in [9.17, 15) is 4.79 Å². The van der Waals surface area contributed by atoms with Crippen molar-refractivity contribution in [3.8, 4) is 10.6 Å². The van der Waals surface area contributed by atoms with E-state index in [4.69, 9.17) is 10.5 Å². The Hall–Kier alpha value is -1.54. The van der Waals surface area contributed by atoms with Gasteiger partial charge < -0.3 is 15.8 Å². The van der Waals surface area contributed by atoms with E-state index < -0.39 is 11.0 Å². The molecule has 1 heterocycles. The Morgan fingerprint density at radius 1 is 1.35 bits per heavy atom. The summed E-state index contributed by atoms with van der Waals surface area (Å²) in [7, 11) is 0. The summed E-state index contributed by atoms with van der Waals surface area (Å²) in [6.45, 7) is 6.87. The maximum absolute atomic E-state index is 12.6. The first kappa shape index (κ1) is 20.8. The first-order chi connectivity index (χ1) is 11.9. The minimum absolute atomic E-state index is 0. The highest BCUT2D eigenvalue weighted by Gasteiger charge is 2.62. The standard InChI is InChI=1S/C18H24N4O2S.ClH/c1-4-24-13-10-18(19,17(13,2)3)16(23)20-11-14-21-22-15(25-14)12-8-6-5-7-9-12;/h5-9,13H,4,10-11,19H2,1-3H3,(H,20,23);1H. The number of nitrogens with one attached hydrogen (secondary N) is 1. The second kappa shape index (κ2) is 8.00. The number of hydrogen-bond donors (Lipinski definition) is 2. The van der Waals surface area contributed by atoms with E-state index in [2.05, 4.69) is 15.5 Å². The molecule has 1 aliphatic carbocycles. The van der Waals surface area contributed by atoms with E-state index in [1.54, 1.807) is 0 Å². The second-order valence-electron chi connectivity index (χ2n) is 6.89. The third kappa shape index (κ3) is 3.62. The van der Waals surface area contributed by atoms with Crippen LogP contribution in [0.4, 0.5) is 0 Å². The number of nitrogens with zero attached hydrogens (tertiary/aromatic N) is 2. The van der Waals surface area contributed by atoms with Gasteiger partial charge in [-0.3, -0.25) is 4.79 Å². The number of ether oxygens (including phenoxy) is 1. The lowest BCUT2D eigenvalue weighted by Gasteiger charge is -2.57. The van der Waals surface area contributed by atoms with Crippen LogP contribution in [-0.4, -0.2) is 34.4 Å². The molecule has 26 heavy (non-hydrogen) atoms. The SMILES string of the molecule is CCOC1CC(N)(C(=O)NCc2nnc(-c3ccccc3)s2)C1(C)C.Cl. The van der Waals surface area contributed by atoms with Gasteiger partial charge in [0, 0.05) is 24.0 Å². The average molecular weight is 397 g/mol. The summed E-state index contributed by atoms with van der Waals surface area (Å²) in [6.07, 6.45) is 0.546. The van der Waals surface area contributed by atoms with Gasteiger partial charge in [0.15, 0.2) is 0 Å². The van der Waals surface area contributed by atoms with Gasteiger partial charge in [-0.25, -0.2) is 0 Å². The number of halogens is 1. The van der Waals surface area contributed by atoms with Crippen LogP contribution >= 0.6 is 23.7 Å². The Labute approximate surface area is 163 Å². The lowest BCUT2D eigenvalue weighted by atomic mass is 9.54. The molecule has 1 fully saturated rings. The summed E-state index contributed by atoms with van der Waals surface area (Å²) >= 11 is 1.47. The number of aromatic nitrogens is 2. The van der Waals surface area contributed by atoms with Gasteiger partial charge in [-0.2, -0.15) is 0 Å². The highest BCUT2D eigenvalue weighted by atomic mass is 35.5. The number of amides is 1. The summed E-state index contributed by atoms with van der Waals surface area (Å²) in [6, 6.07) is 9.86. The van der Waals surface area contributed by atoms with E-state index >= 15 is 0 Å². The van der Waals surface area contributed by atoms with Gasteiger partial charge in [0.1, 0.15) is 15.6 Å². The minimum Gasteiger partial charge on any atom is -0.378 e. The van der Waals surface area contributed by atoms with Crippen LogP contribution < -0.4 is 11.1 Å². The van der Waals surface area contributed by atoms with Gasteiger partial charge in [0.25, 0.3) is 0 Å². The molecule has 2 aromatic rings. The van der Waals surface area contributed by atoms with Crippen LogP contribution in [0.1, 0.15) is 32.2 Å². The molecule has 142 valence electrons. The third-order valence-electron chi connectivity index (χ3n) is 5.12. The molecule has 1 aromatic carbocycles. The van der Waals surface area contributed by atoms with Crippen molar-refractivity contribution >= 4 is 29.7 Å². The van der Waals surface area contributed by atoms with E-state index in [1.165, 1.54) is 11.3 Å². The molecule has 0 bridgehead atoms. The number of benzene rings is 1. The number of carbonyl (C=O) groups is 1. The maximum atomic E-state index is 12.6. The molecule has 0 aliphatic heterocycles. The summed E-state index contributed by atoms with van der Waals surface area (Å²) in [5, 5.41) is 12.9. The van der Waals surface area contributed by atoms with E-state index in [0.717, 1.165) is 15.6 Å². The zero-order valence-corrected chi connectivity index (χ0v) is 16.8. The number of rotatable bonds is 6. The normalized spacial score (nSPS) is 23.6. The van der Waals surface area contributed by atoms with Gasteiger partial charge in [0.05, 0.1) is 12.6 Å². The van der Waals surface area contributed by atoms with Crippen molar-refractivity contribution in [3.63, 3.8) is 0 Å². The molecule has 0 radical (unpaired) electrons. The Kier molecular flexibility index (Phi) is 6.39. The first-order valence-corrected chi connectivity index (χ1v) is 9.26. The molecule has 0 saturated heterocycles. The predicted octanol–water partition coefficient (Wildman–Crippen LogP) is 2.78. The fourth-order valence-electron chi connectivity index (χ4n) is 3.16. The van der Waals surface area contributed by atoms with Crippen molar-refractivity contribution in [1.82, 2.24) is 15.5 Å². The zero-order valence-electron chi connectivity index (χ0n) is 15.2. The van der Waals surface area contributed by atoms with Gasteiger partial charge in [-0.1, -0.05) is 55.5 Å². The number of hydrogen-bond acceptors (Lipinski definition) is 6. The fraction of sp³-hybridized carbons (Fsp3) is 0.500. The molecule has 8 heteroatoms. The maximum Gasteiger partial charge on any atom is 0.241 e. The smallest absolute Gasteiger partial charge is 0.241 e. The Morgan fingerprint density at radius 3 is 2.65 bits per heavy atom. The molecule has 1 aromatic heterocycles. The van der Waals surface area contributed by atoms with Crippen LogP contribution in [0, 0.1) is 5.41 Å². The number of carbonyl (C=O) groups excluding carboxylic acids is 1. The Morgan fingerprint density at radius 2 is 2.04 bits per heavy atom. The average Bonchev–Trinajstić information content (AvgIpc) is 3.09. The second-order valence-corrected chi connectivity index (χ2v) is 7.95. The summed E-state index contributed by atoms with van der Waals surface area (Å²) < 4.78 is 5.67. The van der Waals surface area contributed by atoms with Crippen molar-refractivity contribution in [1.29, 1.82) is 0 Å². The van der Waals surface area contributed by atoms with Crippen LogP contribution in [0.2, 0.25) is 0 Å². The lowest BCUT2D eigenvalue weighted by Crippen LogP contribution is -2.75. The molecule has 0 spiro atoms. The first-order valence-electron chi connectivity index (χ1n) is 8.45. The van der Waals surface area contributed by atoms with Crippen LogP contribution in [0.25, 0.3) is 10.6 Å². The molecule has 2 atom stereocenters. The van der Waals surface area contributed by atoms with Crippen molar-refractivity contribution in [2.24, 2.45) is 11.1 Å². The molecular weight excluding hydrogens is 372 g/mol. The molecule has 3 N–H and O–H groups in total. The molecule has 1 amide bonds. The topological polar surface area (TPSA) is 90.1 Å². The number of nitrogens with two attached hydrogens (primary N) is 1. The Balaban J connectivity index is 0.00000243. The van der Waals surface area contributed by atoms with Gasteiger partial charge in [-0.15, -0.1) is 22.6 Å². The van der Waals surface area contributed by atoms with Crippen LogP contribution in [0.3, 0.4) is 0 Å². The fourth-order valence-corrected chi connectivity index (χ4v) is 3.94. The molecule has 1 aliphatic rings. The van der Waals surface area contributed by atoms with Crippen molar-refractivity contribution in [3.05, 3.63) is 35.3 Å². The summed E-state index contributed by atoms with van der Waals surface area (Å²) in [4.78, 5) is 12.6. The van der Waals surface area contributed by atoms with Gasteiger partial charge in [-0.05, 0) is 6.92 Å². The summed E-state index contributed by atoms with van der Waals surface area (Å²) in [5.74, 6) is -0.162. The predicted molar refractivity (Wildman–Crippen MR) is 105 cm³/mol. The highest BCUT2D eigenvalue weighted by Crippen LogP contribution is 2.49. The van der Waals surface area contributed by atoms with E-state index in [1.807, 2.05) is 51.1 Å². The molecule has 6 nitrogen and oxygen atoms in total. The monoisotopic (exact) mass is 396 g/mol. The van der Waals surface area contributed by atoms with E-state index in [0.29, 0.717) is 19.6 Å². The van der Waals surface area contributed by atoms with E-state index in [-0.39, 0.29) is 24.4 Å².